The van der Waals surface area contributed by atoms with Crippen LogP contribution in [0.2, 0.25) is 0 Å². The lowest BCUT2D eigenvalue weighted by atomic mass is 9.95. The molecule has 33 heavy (non-hydrogen) atoms. The zero-order valence-corrected chi connectivity index (χ0v) is 16.6. The number of ether oxygens (including phenoxy) is 1. The maximum atomic E-state index is 14.6. The predicted molar refractivity (Wildman–Crippen MR) is 92.5 cm³/mol. The molecule has 0 aromatic heterocycles. The van der Waals surface area contributed by atoms with Gasteiger partial charge >= 0.3 is 36.0 Å². The summed E-state index contributed by atoms with van der Waals surface area (Å²) in [5, 5.41) is 0. The van der Waals surface area contributed by atoms with Gasteiger partial charge in [0.2, 0.25) is 9.79 Å². The van der Waals surface area contributed by atoms with Crippen LogP contribution in [0.1, 0.15) is 0 Å². The third-order valence-corrected chi connectivity index (χ3v) is 7.10. The van der Waals surface area contributed by atoms with Crippen molar-refractivity contribution in [1.29, 1.82) is 0 Å². The van der Waals surface area contributed by atoms with E-state index in [-0.39, 0.29) is 21.3 Å². The Balaban J connectivity index is 2.06. The Hall–Kier alpha value is -2.25. The molecule has 1 aliphatic heterocycles. The summed E-state index contributed by atoms with van der Waals surface area (Å²) in [7, 11) is -2.17. The van der Waals surface area contributed by atoms with E-state index in [1.807, 2.05) is 0 Å². The lowest BCUT2D eigenvalue weighted by molar-refractivity contribution is -0.409. The number of benzene rings is 2. The van der Waals surface area contributed by atoms with Crippen LogP contribution in [0, 0.1) is 0 Å². The van der Waals surface area contributed by atoms with Crippen LogP contribution in [-0.2, 0) is 10.9 Å². The Labute approximate surface area is 180 Å². The van der Waals surface area contributed by atoms with E-state index in [0.29, 0.717) is 0 Å². The molecule has 1 heterocycles. The highest BCUT2D eigenvalue weighted by atomic mass is 32.2. The molecular formula is C19H11F12OS+. The van der Waals surface area contributed by atoms with Gasteiger partial charge in [-0.2, -0.15) is 43.9 Å². The van der Waals surface area contributed by atoms with Crippen molar-refractivity contribution in [3.8, 4) is 11.5 Å². The summed E-state index contributed by atoms with van der Waals surface area (Å²) in [6.07, 6.45) is -5.53. The molecule has 0 saturated heterocycles. The molecule has 0 saturated carbocycles. The molecule has 0 atom stereocenters. The third kappa shape index (κ3) is 3.69. The van der Waals surface area contributed by atoms with Crippen LogP contribution in [0.5, 0.6) is 11.5 Å². The predicted octanol–water partition coefficient (Wildman–Crippen LogP) is 7.27. The van der Waals surface area contributed by atoms with Gasteiger partial charge in [0.05, 0.1) is 10.9 Å². The highest BCUT2D eigenvalue weighted by Gasteiger charge is 2.88. The van der Waals surface area contributed by atoms with Gasteiger partial charge in [-0.3, -0.25) is 0 Å². The van der Waals surface area contributed by atoms with Crippen LogP contribution in [0.4, 0.5) is 52.7 Å². The van der Waals surface area contributed by atoms with Gasteiger partial charge in [-0.1, -0.05) is 24.3 Å². The average Bonchev–Trinajstić information content (AvgIpc) is 2.72. The molecule has 3 rings (SSSR count). The van der Waals surface area contributed by atoms with Crippen molar-refractivity contribution in [1.82, 2.24) is 0 Å². The lowest BCUT2D eigenvalue weighted by Crippen LogP contribution is -2.69. The summed E-state index contributed by atoms with van der Waals surface area (Å²) in [5.41, 5.74) is 0. The Morgan fingerprint density at radius 2 is 1.06 bits per heavy atom. The molecule has 182 valence electrons. The van der Waals surface area contributed by atoms with Gasteiger partial charge in [-0.05, 0) is 24.3 Å². The molecule has 0 fully saturated rings. The molecule has 2 aromatic carbocycles. The summed E-state index contributed by atoms with van der Waals surface area (Å²) in [5.74, 6) is -37.7. The first-order valence-corrected chi connectivity index (χ1v) is 10.1. The van der Waals surface area contributed by atoms with Crippen LogP contribution >= 0.6 is 0 Å². The molecule has 0 N–H and O–H groups in total. The number of hydrogen-bond acceptors (Lipinski definition) is 1. The Kier molecular flexibility index (Phi) is 6.08. The van der Waals surface area contributed by atoms with Crippen LogP contribution < -0.4 is 4.74 Å². The number of para-hydroxylation sites is 2. The monoisotopic (exact) mass is 515 g/mol. The standard InChI is InChI=1S/C19H11F12OS/c20-14(21)16(24,25)18(28,29)19(30,31)17(26,27)15(22,23)9-33-12-7-3-1-5-10(12)32-11-6-2-4-8-13(11)33/h1-8,14H,9H2/q+1. The van der Waals surface area contributed by atoms with Gasteiger partial charge in [0, 0.05) is 0 Å². The SMILES string of the molecule is FC(F)C(F)(F)C(F)(F)C(F)(F)C(F)(F)C(F)(F)C[S+]1c2ccccc2Oc2ccccc21. The van der Waals surface area contributed by atoms with E-state index in [1.54, 1.807) is 0 Å². The Morgan fingerprint density at radius 1 is 0.636 bits per heavy atom. The molecule has 0 aliphatic carbocycles. The van der Waals surface area contributed by atoms with Crippen LogP contribution in [0.25, 0.3) is 0 Å². The van der Waals surface area contributed by atoms with Gasteiger partial charge < -0.3 is 4.74 Å². The molecule has 1 aliphatic rings. The zero-order chi connectivity index (χ0) is 25.0. The number of fused-ring (bicyclic) bond motifs is 2. The van der Waals surface area contributed by atoms with Gasteiger partial charge in [0.15, 0.2) is 17.3 Å². The smallest absolute Gasteiger partial charge is 0.384 e. The van der Waals surface area contributed by atoms with Crippen molar-refractivity contribution in [3.05, 3.63) is 48.5 Å². The van der Waals surface area contributed by atoms with Crippen molar-refractivity contribution in [2.24, 2.45) is 0 Å². The highest BCUT2D eigenvalue weighted by molar-refractivity contribution is 7.97. The van der Waals surface area contributed by atoms with Crippen LogP contribution in [0.15, 0.2) is 58.3 Å². The molecular weight excluding hydrogens is 504 g/mol. The van der Waals surface area contributed by atoms with E-state index in [0.717, 1.165) is 12.1 Å². The van der Waals surface area contributed by atoms with Crippen molar-refractivity contribution in [3.63, 3.8) is 0 Å². The van der Waals surface area contributed by atoms with Crippen molar-refractivity contribution < 1.29 is 57.4 Å². The summed E-state index contributed by atoms with van der Waals surface area (Å²) in [4.78, 5) is -0.334. The first-order valence-electron chi connectivity index (χ1n) is 8.73. The van der Waals surface area contributed by atoms with E-state index in [9.17, 15) is 52.7 Å². The molecule has 14 heteroatoms. The number of rotatable bonds is 7. The molecule has 0 bridgehead atoms. The summed E-state index contributed by atoms with van der Waals surface area (Å²) in [6.45, 7) is 0. The van der Waals surface area contributed by atoms with Crippen LogP contribution in [-0.4, -0.2) is 41.8 Å². The maximum Gasteiger partial charge on any atom is 0.384 e. The second kappa shape index (κ2) is 7.91. The van der Waals surface area contributed by atoms with E-state index in [4.69, 9.17) is 4.74 Å². The first-order chi connectivity index (χ1) is 15.0. The Bertz CT molecular complexity index is 978. The summed E-state index contributed by atoms with van der Waals surface area (Å²) < 4.78 is 168. The van der Waals surface area contributed by atoms with E-state index in [2.05, 4.69) is 0 Å². The molecule has 1 nitrogen and oxygen atoms in total. The minimum Gasteiger partial charge on any atom is -0.447 e. The van der Waals surface area contributed by atoms with Gasteiger partial charge in [-0.15, -0.1) is 0 Å². The van der Waals surface area contributed by atoms with Gasteiger partial charge in [-0.25, -0.2) is 8.78 Å². The lowest BCUT2D eigenvalue weighted by Gasteiger charge is -2.38. The van der Waals surface area contributed by atoms with E-state index < -0.39 is 52.7 Å². The molecule has 0 spiro atoms. The normalized spacial score (nSPS) is 15.8. The van der Waals surface area contributed by atoms with Crippen molar-refractivity contribution >= 4 is 10.9 Å². The Morgan fingerprint density at radius 3 is 1.48 bits per heavy atom. The molecule has 0 radical (unpaired) electrons. The number of hydrogen-bond donors (Lipinski definition) is 0. The topological polar surface area (TPSA) is 9.23 Å². The van der Waals surface area contributed by atoms with Crippen molar-refractivity contribution in [2.45, 2.75) is 45.8 Å². The first kappa shape index (κ1) is 25.4. The van der Waals surface area contributed by atoms with Gasteiger partial charge in [0.1, 0.15) is 0 Å². The maximum absolute atomic E-state index is 14.6. The summed E-state index contributed by atoms with van der Waals surface area (Å²) in [6, 6.07) is 10.1. The fourth-order valence-electron chi connectivity index (χ4n) is 2.91. The van der Waals surface area contributed by atoms with E-state index >= 15 is 0 Å². The second-order valence-electron chi connectivity index (χ2n) is 6.88. The fraction of sp³-hybridized carbons (Fsp3) is 0.368. The van der Waals surface area contributed by atoms with Crippen LogP contribution in [0.3, 0.4) is 0 Å². The zero-order valence-electron chi connectivity index (χ0n) is 15.8. The fourth-order valence-corrected chi connectivity index (χ4v) is 5.20. The average molecular weight is 515 g/mol. The third-order valence-electron chi connectivity index (χ3n) is 4.72. The molecule has 0 unspecified atom stereocenters. The number of halogens is 12. The minimum absolute atomic E-state index is 0.111. The highest BCUT2D eigenvalue weighted by Crippen LogP contribution is 2.59. The summed E-state index contributed by atoms with van der Waals surface area (Å²) >= 11 is 0. The minimum atomic E-state index is -7.54. The van der Waals surface area contributed by atoms with Crippen molar-refractivity contribution in [2.75, 3.05) is 5.75 Å². The second-order valence-corrected chi connectivity index (χ2v) is 8.83. The van der Waals surface area contributed by atoms with Gasteiger partial charge in [0.25, 0.3) is 0 Å². The van der Waals surface area contributed by atoms with E-state index in [1.165, 1.54) is 36.4 Å². The quantitative estimate of drug-likeness (QED) is 0.279. The molecule has 0 amide bonds. The number of alkyl halides is 12. The largest absolute Gasteiger partial charge is 0.447 e. The molecule has 2 aromatic rings.